The SMILES string of the molecule is CCCC/C=C/CC/C=C/C(O)C(COP(=O)(O)OCCN)NC(=O)CCCCCCCCC/C=C\CCCCCCCCC. The number of aliphatic hydroxyl groups excluding tert-OH is 1. The summed E-state index contributed by atoms with van der Waals surface area (Å²) in [4.78, 5) is 22.5. The molecule has 0 rings (SSSR count). The number of nitrogens with one attached hydrogen (secondary N) is 1. The third-order valence-electron chi connectivity index (χ3n) is 7.69. The molecule has 1 amide bonds. The zero-order chi connectivity index (χ0) is 33.3. The average molecular weight is 657 g/mol. The molecule has 264 valence electrons. The summed E-state index contributed by atoms with van der Waals surface area (Å²) in [5.74, 6) is -0.214. The molecule has 0 saturated heterocycles. The van der Waals surface area contributed by atoms with Gasteiger partial charge in [-0.2, -0.15) is 0 Å². The van der Waals surface area contributed by atoms with Gasteiger partial charge < -0.3 is 21.1 Å². The van der Waals surface area contributed by atoms with Gasteiger partial charge in [0.05, 0.1) is 25.4 Å². The number of carbonyl (C=O) groups is 1. The molecule has 9 heteroatoms. The normalized spacial score (nSPS) is 14.9. The number of rotatable bonds is 33. The van der Waals surface area contributed by atoms with Crippen molar-refractivity contribution in [1.29, 1.82) is 0 Å². The molecule has 0 saturated carbocycles. The number of nitrogens with two attached hydrogens (primary N) is 1. The van der Waals surface area contributed by atoms with E-state index in [2.05, 4.69) is 43.5 Å². The molecule has 0 aromatic heterocycles. The summed E-state index contributed by atoms with van der Waals surface area (Å²) in [6.45, 7) is 4.01. The molecule has 0 spiro atoms. The van der Waals surface area contributed by atoms with E-state index in [9.17, 15) is 19.4 Å². The molecule has 0 aromatic rings. The molecular weight excluding hydrogens is 587 g/mol. The van der Waals surface area contributed by atoms with Crippen LogP contribution >= 0.6 is 7.82 Å². The smallest absolute Gasteiger partial charge is 0.387 e. The number of aliphatic hydroxyl groups is 1. The molecule has 0 fully saturated rings. The van der Waals surface area contributed by atoms with Gasteiger partial charge >= 0.3 is 7.82 Å². The van der Waals surface area contributed by atoms with E-state index >= 15 is 0 Å². The maximum absolute atomic E-state index is 12.6. The van der Waals surface area contributed by atoms with Crippen molar-refractivity contribution >= 4 is 13.7 Å². The van der Waals surface area contributed by atoms with Crippen LogP contribution in [0.5, 0.6) is 0 Å². The third kappa shape index (κ3) is 31.1. The van der Waals surface area contributed by atoms with Crippen molar-refractivity contribution in [3.63, 3.8) is 0 Å². The molecule has 0 aromatic carbocycles. The molecule has 0 aliphatic rings. The van der Waals surface area contributed by atoms with E-state index in [4.69, 9.17) is 14.8 Å². The van der Waals surface area contributed by atoms with E-state index < -0.39 is 20.0 Å². The predicted molar refractivity (Wildman–Crippen MR) is 189 cm³/mol. The number of hydrogen-bond acceptors (Lipinski definition) is 6. The second kappa shape index (κ2) is 32.7. The van der Waals surface area contributed by atoms with Crippen LogP contribution in [0, 0.1) is 0 Å². The van der Waals surface area contributed by atoms with E-state index in [1.54, 1.807) is 6.08 Å². The van der Waals surface area contributed by atoms with Gasteiger partial charge in [-0.25, -0.2) is 4.57 Å². The van der Waals surface area contributed by atoms with Crippen molar-refractivity contribution in [2.24, 2.45) is 5.73 Å². The van der Waals surface area contributed by atoms with Gasteiger partial charge in [-0.3, -0.25) is 13.8 Å². The molecule has 0 bridgehead atoms. The van der Waals surface area contributed by atoms with Gasteiger partial charge in [0.15, 0.2) is 0 Å². The standard InChI is InChI=1S/C36H69N2O6P/c1-3-5-7-9-11-13-14-15-16-17-18-19-20-21-22-24-26-28-30-36(40)38-34(33-44-45(41,42)43-32-31-37)35(39)29-27-25-23-12-10-8-6-4-2/h10,12,16-17,27,29,34-35,39H,3-9,11,13-15,18-26,28,30-33,37H2,1-2H3,(H,38,40)(H,41,42)/b12-10+,17-16-,29-27+. The van der Waals surface area contributed by atoms with Crippen molar-refractivity contribution in [2.75, 3.05) is 19.8 Å². The monoisotopic (exact) mass is 656 g/mol. The molecule has 3 atom stereocenters. The number of allylic oxidation sites excluding steroid dienone is 5. The Morgan fingerprint density at radius 2 is 1.20 bits per heavy atom. The molecule has 0 aliphatic heterocycles. The van der Waals surface area contributed by atoms with Crippen LogP contribution in [0.15, 0.2) is 36.5 Å². The lowest BCUT2D eigenvalue weighted by atomic mass is 10.1. The Kier molecular flexibility index (Phi) is 31.7. The van der Waals surface area contributed by atoms with Crippen LogP contribution in [0.25, 0.3) is 0 Å². The van der Waals surface area contributed by atoms with Crippen molar-refractivity contribution < 1.29 is 28.4 Å². The first-order valence-electron chi connectivity index (χ1n) is 18.1. The second-order valence-corrected chi connectivity index (χ2v) is 13.5. The molecule has 0 radical (unpaired) electrons. The summed E-state index contributed by atoms with van der Waals surface area (Å²) in [5.41, 5.74) is 5.33. The minimum atomic E-state index is -4.33. The number of carbonyl (C=O) groups excluding carboxylic acids is 1. The highest BCUT2D eigenvalue weighted by atomic mass is 31.2. The van der Waals surface area contributed by atoms with E-state index in [-0.39, 0.29) is 25.7 Å². The van der Waals surface area contributed by atoms with Gasteiger partial charge in [-0.15, -0.1) is 0 Å². The van der Waals surface area contributed by atoms with E-state index in [0.717, 1.165) is 38.5 Å². The summed E-state index contributed by atoms with van der Waals surface area (Å²) in [7, 11) is -4.33. The topological polar surface area (TPSA) is 131 Å². The largest absolute Gasteiger partial charge is 0.472 e. The number of hydrogen-bond donors (Lipinski definition) is 4. The van der Waals surface area contributed by atoms with Crippen molar-refractivity contribution in [2.45, 2.75) is 167 Å². The van der Waals surface area contributed by atoms with Crippen molar-refractivity contribution in [3.05, 3.63) is 36.5 Å². The summed E-state index contributed by atoms with van der Waals surface area (Å²) in [6.07, 6.45) is 36.4. The van der Waals surface area contributed by atoms with Crippen LogP contribution in [0.4, 0.5) is 0 Å². The molecular formula is C36H69N2O6P. The Hall–Kier alpha value is -1.28. The van der Waals surface area contributed by atoms with Crippen LogP contribution in [0.3, 0.4) is 0 Å². The maximum atomic E-state index is 12.6. The highest BCUT2D eigenvalue weighted by Crippen LogP contribution is 2.43. The van der Waals surface area contributed by atoms with Crippen LogP contribution in [0.1, 0.15) is 155 Å². The molecule has 8 nitrogen and oxygen atoms in total. The fraction of sp³-hybridized carbons (Fsp3) is 0.806. The lowest BCUT2D eigenvalue weighted by Crippen LogP contribution is -2.45. The summed E-state index contributed by atoms with van der Waals surface area (Å²) >= 11 is 0. The van der Waals surface area contributed by atoms with Gasteiger partial charge in [-0.1, -0.05) is 134 Å². The first-order valence-corrected chi connectivity index (χ1v) is 19.6. The Morgan fingerprint density at radius 1 is 0.711 bits per heavy atom. The van der Waals surface area contributed by atoms with Gasteiger partial charge in [0, 0.05) is 13.0 Å². The van der Waals surface area contributed by atoms with E-state index in [0.29, 0.717) is 6.42 Å². The molecule has 5 N–H and O–H groups in total. The molecule has 0 aliphatic carbocycles. The Morgan fingerprint density at radius 3 is 1.78 bits per heavy atom. The minimum absolute atomic E-state index is 0.0725. The number of unbranched alkanes of at least 4 members (excludes halogenated alkanes) is 17. The van der Waals surface area contributed by atoms with E-state index in [1.807, 2.05) is 6.08 Å². The zero-order valence-electron chi connectivity index (χ0n) is 28.8. The Balaban J connectivity index is 4.23. The lowest BCUT2D eigenvalue weighted by Gasteiger charge is -2.23. The molecule has 3 unspecified atom stereocenters. The second-order valence-electron chi connectivity index (χ2n) is 12.1. The van der Waals surface area contributed by atoms with Crippen LogP contribution in [-0.2, 0) is 18.4 Å². The van der Waals surface area contributed by atoms with Crippen LogP contribution < -0.4 is 11.1 Å². The van der Waals surface area contributed by atoms with Crippen LogP contribution in [-0.4, -0.2) is 47.8 Å². The van der Waals surface area contributed by atoms with Gasteiger partial charge in [0.1, 0.15) is 0 Å². The van der Waals surface area contributed by atoms with Gasteiger partial charge in [-0.05, 0) is 51.4 Å². The highest BCUT2D eigenvalue weighted by Gasteiger charge is 2.26. The number of amides is 1. The van der Waals surface area contributed by atoms with E-state index in [1.165, 1.54) is 96.3 Å². The highest BCUT2D eigenvalue weighted by molar-refractivity contribution is 7.47. The average Bonchev–Trinajstić information content (AvgIpc) is 3.02. The molecule has 0 heterocycles. The first kappa shape index (κ1) is 43.7. The Labute approximate surface area is 276 Å². The number of phosphoric ester groups is 1. The lowest BCUT2D eigenvalue weighted by molar-refractivity contribution is -0.123. The Bertz CT molecular complexity index is 804. The fourth-order valence-electron chi connectivity index (χ4n) is 4.89. The third-order valence-corrected chi connectivity index (χ3v) is 8.67. The van der Waals surface area contributed by atoms with Crippen molar-refractivity contribution in [3.8, 4) is 0 Å². The zero-order valence-corrected chi connectivity index (χ0v) is 29.7. The summed E-state index contributed by atoms with van der Waals surface area (Å²) in [5, 5.41) is 13.5. The predicted octanol–water partition coefficient (Wildman–Crippen LogP) is 9.22. The van der Waals surface area contributed by atoms with Crippen molar-refractivity contribution in [1.82, 2.24) is 5.32 Å². The maximum Gasteiger partial charge on any atom is 0.472 e. The number of phosphoric acid groups is 1. The fourth-order valence-corrected chi connectivity index (χ4v) is 5.65. The van der Waals surface area contributed by atoms with Crippen LogP contribution in [0.2, 0.25) is 0 Å². The molecule has 45 heavy (non-hydrogen) atoms. The van der Waals surface area contributed by atoms with Gasteiger partial charge in [0.2, 0.25) is 5.91 Å². The first-order chi connectivity index (χ1) is 21.9. The quantitative estimate of drug-likeness (QED) is 0.0315. The van der Waals surface area contributed by atoms with Gasteiger partial charge in [0.25, 0.3) is 0 Å². The minimum Gasteiger partial charge on any atom is -0.387 e. The summed E-state index contributed by atoms with van der Waals surface area (Å²) in [6, 6.07) is -0.875. The summed E-state index contributed by atoms with van der Waals surface area (Å²) < 4.78 is 21.9.